The molecule has 3 rings (SSSR count). The van der Waals surface area contributed by atoms with Gasteiger partial charge in [0.05, 0.1) is 0 Å². The first-order valence-electron chi connectivity index (χ1n) is 7.05. The van der Waals surface area contributed by atoms with Crippen LogP contribution < -0.4 is 5.73 Å². The predicted molar refractivity (Wildman–Crippen MR) is 83.2 cm³/mol. The molecule has 0 amide bonds. The maximum absolute atomic E-state index is 13.9. The zero-order valence-electron chi connectivity index (χ0n) is 11.5. The minimum atomic E-state index is -0.683. The molecule has 2 aromatic rings. The number of hydrogen-bond acceptors (Lipinski definition) is 1. The molecular formula is C17H16BrF2N. The molecule has 0 fully saturated rings. The lowest BCUT2D eigenvalue weighted by atomic mass is 9.96. The zero-order valence-corrected chi connectivity index (χ0v) is 13.1. The molecular weight excluding hydrogens is 336 g/mol. The van der Waals surface area contributed by atoms with E-state index in [9.17, 15) is 8.78 Å². The Hall–Kier alpha value is -1.26. The summed E-state index contributed by atoms with van der Waals surface area (Å²) in [7, 11) is 0. The first-order chi connectivity index (χ1) is 10.0. The van der Waals surface area contributed by atoms with E-state index in [1.165, 1.54) is 29.7 Å². The second kappa shape index (κ2) is 5.85. The molecule has 1 nitrogen and oxygen atoms in total. The summed E-state index contributed by atoms with van der Waals surface area (Å²) in [4.78, 5) is 0. The van der Waals surface area contributed by atoms with Gasteiger partial charge in [-0.15, -0.1) is 0 Å². The summed E-state index contributed by atoms with van der Waals surface area (Å²) in [6, 6.07) is 8.06. The lowest BCUT2D eigenvalue weighted by molar-refractivity contribution is 0.523. The maximum atomic E-state index is 13.9. The number of halogens is 3. The molecule has 0 aromatic heterocycles. The van der Waals surface area contributed by atoms with Crippen molar-refractivity contribution >= 4 is 15.9 Å². The van der Waals surface area contributed by atoms with Crippen molar-refractivity contribution in [3.05, 3.63) is 68.7 Å². The average Bonchev–Trinajstić information content (AvgIpc) is 2.84. The monoisotopic (exact) mass is 351 g/mol. The Morgan fingerprint density at radius 2 is 1.71 bits per heavy atom. The van der Waals surface area contributed by atoms with E-state index < -0.39 is 17.7 Å². The van der Waals surface area contributed by atoms with Crippen LogP contribution >= 0.6 is 15.9 Å². The molecule has 2 N–H and O–H groups in total. The minimum Gasteiger partial charge on any atom is -0.323 e. The summed E-state index contributed by atoms with van der Waals surface area (Å²) in [5, 5.41) is 0. The van der Waals surface area contributed by atoms with Crippen LogP contribution in [-0.2, 0) is 19.3 Å². The molecule has 1 atom stereocenters. The molecule has 1 unspecified atom stereocenters. The fraction of sp³-hybridized carbons (Fsp3) is 0.294. The molecule has 0 aliphatic heterocycles. The van der Waals surface area contributed by atoms with Crippen LogP contribution in [0.15, 0.2) is 34.8 Å². The van der Waals surface area contributed by atoms with Crippen molar-refractivity contribution in [2.45, 2.75) is 31.7 Å². The Balaban J connectivity index is 1.85. The lowest BCUT2D eigenvalue weighted by Crippen LogP contribution is -2.17. The van der Waals surface area contributed by atoms with Gasteiger partial charge in [-0.3, -0.25) is 0 Å². The molecule has 1 aliphatic carbocycles. The quantitative estimate of drug-likeness (QED) is 0.867. The highest BCUT2D eigenvalue weighted by Crippen LogP contribution is 2.28. The molecule has 0 saturated carbocycles. The molecule has 21 heavy (non-hydrogen) atoms. The van der Waals surface area contributed by atoms with Crippen LogP contribution in [-0.4, -0.2) is 0 Å². The van der Waals surface area contributed by atoms with Crippen LogP contribution in [0.5, 0.6) is 0 Å². The largest absolute Gasteiger partial charge is 0.323 e. The number of benzene rings is 2. The van der Waals surface area contributed by atoms with Crippen LogP contribution in [0.4, 0.5) is 8.78 Å². The summed E-state index contributed by atoms with van der Waals surface area (Å²) < 4.78 is 28.2. The molecule has 0 heterocycles. The Morgan fingerprint density at radius 1 is 1.05 bits per heavy atom. The van der Waals surface area contributed by atoms with E-state index in [1.807, 2.05) is 6.07 Å². The molecule has 0 saturated heterocycles. The minimum absolute atomic E-state index is 0.0429. The summed E-state index contributed by atoms with van der Waals surface area (Å²) in [6.45, 7) is 0. The van der Waals surface area contributed by atoms with Crippen molar-refractivity contribution in [1.82, 2.24) is 0 Å². The van der Waals surface area contributed by atoms with Crippen LogP contribution in [0.1, 0.15) is 34.7 Å². The molecule has 0 spiro atoms. The van der Waals surface area contributed by atoms with E-state index in [0.29, 0.717) is 10.9 Å². The van der Waals surface area contributed by atoms with Crippen LogP contribution in [0.3, 0.4) is 0 Å². The van der Waals surface area contributed by atoms with Gasteiger partial charge in [-0.1, -0.05) is 34.1 Å². The van der Waals surface area contributed by atoms with Gasteiger partial charge in [0.2, 0.25) is 0 Å². The van der Waals surface area contributed by atoms with Gasteiger partial charge in [0.15, 0.2) is 0 Å². The zero-order chi connectivity index (χ0) is 15.0. The van der Waals surface area contributed by atoms with Gasteiger partial charge in [-0.05, 0) is 54.5 Å². The van der Waals surface area contributed by atoms with Gasteiger partial charge in [-0.25, -0.2) is 8.78 Å². The number of rotatable bonds is 3. The van der Waals surface area contributed by atoms with Crippen molar-refractivity contribution in [3.8, 4) is 0 Å². The van der Waals surface area contributed by atoms with E-state index >= 15 is 0 Å². The van der Waals surface area contributed by atoms with E-state index in [2.05, 4.69) is 28.1 Å². The molecule has 2 aromatic carbocycles. The van der Waals surface area contributed by atoms with Crippen LogP contribution in [0, 0.1) is 11.6 Å². The summed E-state index contributed by atoms with van der Waals surface area (Å²) in [5.41, 5.74) is 9.74. The fourth-order valence-corrected chi connectivity index (χ4v) is 3.42. The van der Waals surface area contributed by atoms with Gasteiger partial charge < -0.3 is 5.73 Å². The van der Waals surface area contributed by atoms with E-state index in [1.54, 1.807) is 0 Å². The summed E-state index contributed by atoms with van der Waals surface area (Å²) >= 11 is 3.08. The topological polar surface area (TPSA) is 26.0 Å². The normalized spacial score (nSPS) is 15.0. The van der Waals surface area contributed by atoms with Crippen LogP contribution in [0.25, 0.3) is 0 Å². The van der Waals surface area contributed by atoms with Crippen molar-refractivity contribution < 1.29 is 8.78 Å². The molecule has 1 aliphatic rings. The van der Waals surface area contributed by atoms with E-state index in [0.717, 1.165) is 18.4 Å². The first kappa shape index (κ1) is 14.7. The maximum Gasteiger partial charge on any atom is 0.132 e. The number of nitrogens with two attached hydrogens (primary N) is 1. The SMILES string of the molecule is NC(Cc1ccc2c(c1)CCC2)c1c(F)cc(Br)cc1F. The van der Waals surface area contributed by atoms with Crippen molar-refractivity contribution in [2.24, 2.45) is 5.73 Å². The molecule has 4 heteroatoms. The predicted octanol–water partition coefficient (Wildman–Crippen LogP) is 4.46. The average molecular weight is 352 g/mol. The van der Waals surface area contributed by atoms with Crippen molar-refractivity contribution in [2.75, 3.05) is 0 Å². The smallest absolute Gasteiger partial charge is 0.132 e. The third-order valence-electron chi connectivity index (χ3n) is 4.03. The van der Waals surface area contributed by atoms with Gasteiger partial charge >= 0.3 is 0 Å². The van der Waals surface area contributed by atoms with Gasteiger partial charge in [-0.2, -0.15) is 0 Å². The Morgan fingerprint density at radius 3 is 2.43 bits per heavy atom. The highest BCUT2D eigenvalue weighted by molar-refractivity contribution is 9.10. The third kappa shape index (κ3) is 3.01. The van der Waals surface area contributed by atoms with Crippen molar-refractivity contribution in [3.63, 3.8) is 0 Å². The Kier molecular flexibility index (Phi) is 4.09. The first-order valence-corrected chi connectivity index (χ1v) is 7.84. The van der Waals surface area contributed by atoms with Crippen LogP contribution in [0.2, 0.25) is 0 Å². The number of fused-ring (bicyclic) bond motifs is 1. The Bertz CT molecular complexity index is 661. The van der Waals surface area contributed by atoms with Gasteiger partial charge in [0.1, 0.15) is 11.6 Å². The lowest BCUT2D eigenvalue weighted by Gasteiger charge is -2.15. The molecule has 0 radical (unpaired) electrons. The summed E-state index contributed by atoms with van der Waals surface area (Å²) in [6.07, 6.45) is 3.82. The Labute approximate surface area is 131 Å². The highest BCUT2D eigenvalue weighted by Gasteiger charge is 2.19. The van der Waals surface area contributed by atoms with Gasteiger partial charge in [0.25, 0.3) is 0 Å². The number of hydrogen-bond donors (Lipinski definition) is 1. The fourth-order valence-electron chi connectivity index (χ4n) is 3.02. The molecule has 0 bridgehead atoms. The molecule has 110 valence electrons. The number of aryl methyl sites for hydroxylation is 2. The summed E-state index contributed by atoms with van der Waals surface area (Å²) in [5.74, 6) is -1.20. The third-order valence-corrected chi connectivity index (χ3v) is 4.49. The van der Waals surface area contributed by atoms with E-state index in [4.69, 9.17) is 5.73 Å². The van der Waals surface area contributed by atoms with Crippen molar-refractivity contribution in [1.29, 1.82) is 0 Å². The second-order valence-corrected chi connectivity index (χ2v) is 6.47. The second-order valence-electron chi connectivity index (χ2n) is 5.55. The van der Waals surface area contributed by atoms with E-state index in [-0.39, 0.29) is 5.56 Å². The highest BCUT2D eigenvalue weighted by atomic mass is 79.9. The standard InChI is InChI=1S/C17H16BrF2N/c18-13-8-14(19)17(15(20)9-13)16(21)7-10-4-5-11-2-1-3-12(11)6-10/h4-6,8-9,16H,1-3,7,21H2. The van der Waals surface area contributed by atoms with Gasteiger partial charge in [0, 0.05) is 16.1 Å².